The molecule has 0 saturated carbocycles. The van der Waals surface area contributed by atoms with Gasteiger partial charge >= 0.3 is 0 Å². The molecule has 0 aliphatic carbocycles. The molecule has 0 atom stereocenters. The van der Waals surface area contributed by atoms with Crippen molar-refractivity contribution in [3.8, 4) is 0 Å². The summed E-state index contributed by atoms with van der Waals surface area (Å²) < 4.78 is 5.29. The van der Waals surface area contributed by atoms with Gasteiger partial charge in [0.1, 0.15) is 12.0 Å². The molecule has 2 N–H and O–H groups in total. The van der Waals surface area contributed by atoms with Gasteiger partial charge < -0.3 is 15.1 Å². The summed E-state index contributed by atoms with van der Waals surface area (Å²) in [5, 5.41) is 0. The normalized spacial score (nSPS) is 13.5. The zero-order valence-electron chi connectivity index (χ0n) is 12.9. The molecule has 2 aromatic rings. The van der Waals surface area contributed by atoms with Crippen LogP contribution in [0.15, 0.2) is 28.9 Å². The summed E-state index contributed by atoms with van der Waals surface area (Å²) in [7, 11) is 0. The highest BCUT2D eigenvalue weighted by Crippen LogP contribution is 2.32. The predicted molar refractivity (Wildman–Crippen MR) is 89.8 cm³/mol. The number of amides is 1. The van der Waals surface area contributed by atoms with Crippen LogP contribution >= 0.6 is 12.4 Å². The van der Waals surface area contributed by atoms with Gasteiger partial charge in [0.2, 0.25) is 0 Å². The molecule has 0 unspecified atom stereocenters. The van der Waals surface area contributed by atoms with Crippen LogP contribution in [0.1, 0.15) is 39.2 Å². The van der Waals surface area contributed by atoms with Crippen molar-refractivity contribution in [3.05, 3.63) is 52.5 Å². The first-order valence-electron chi connectivity index (χ1n) is 7.29. The fourth-order valence-corrected chi connectivity index (χ4v) is 3.04. The van der Waals surface area contributed by atoms with Crippen LogP contribution in [-0.4, -0.2) is 12.5 Å². The van der Waals surface area contributed by atoms with Crippen molar-refractivity contribution in [2.75, 3.05) is 11.4 Å². The van der Waals surface area contributed by atoms with Crippen LogP contribution in [0, 0.1) is 13.8 Å². The highest BCUT2D eigenvalue weighted by Gasteiger charge is 2.25. The maximum absolute atomic E-state index is 12.7. The number of furan rings is 1. The smallest absolute Gasteiger partial charge is 0.261 e. The number of carbonyl (C=O) groups is 1. The van der Waals surface area contributed by atoms with Gasteiger partial charge in [0.15, 0.2) is 0 Å². The van der Waals surface area contributed by atoms with Crippen LogP contribution in [0.4, 0.5) is 5.69 Å². The minimum Gasteiger partial charge on any atom is -0.467 e. The van der Waals surface area contributed by atoms with E-state index < -0.39 is 0 Å². The van der Waals surface area contributed by atoms with Crippen LogP contribution in [0.25, 0.3) is 0 Å². The first-order chi connectivity index (χ1) is 10.1. The Kier molecular flexibility index (Phi) is 4.94. The molecule has 2 heterocycles. The lowest BCUT2D eigenvalue weighted by Crippen LogP contribution is -2.35. The molecule has 3 rings (SSSR count). The SMILES string of the molecule is Cc1cc(C)c2c(c1)N(C(=O)c1coc(CN)c1)CCC2.Cl. The van der Waals surface area contributed by atoms with Crippen molar-refractivity contribution in [2.45, 2.75) is 33.2 Å². The summed E-state index contributed by atoms with van der Waals surface area (Å²) in [6.07, 6.45) is 3.52. The molecule has 1 aliphatic heterocycles. The van der Waals surface area contributed by atoms with Gasteiger partial charge in [-0.05, 0) is 55.5 Å². The van der Waals surface area contributed by atoms with Crippen molar-refractivity contribution < 1.29 is 9.21 Å². The zero-order chi connectivity index (χ0) is 15.0. The summed E-state index contributed by atoms with van der Waals surface area (Å²) >= 11 is 0. The molecule has 1 aromatic heterocycles. The van der Waals surface area contributed by atoms with Crippen LogP contribution in [0.2, 0.25) is 0 Å². The Balaban J connectivity index is 0.00000176. The molecule has 5 heteroatoms. The van der Waals surface area contributed by atoms with Crippen molar-refractivity contribution in [2.24, 2.45) is 5.73 Å². The zero-order valence-corrected chi connectivity index (χ0v) is 13.7. The maximum atomic E-state index is 12.7. The second kappa shape index (κ2) is 6.55. The number of rotatable bonds is 2. The van der Waals surface area contributed by atoms with E-state index in [1.165, 1.54) is 23.0 Å². The molecule has 118 valence electrons. The minimum atomic E-state index is -0.00981. The van der Waals surface area contributed by atoms with E-state index in [9.17, 15) is 4.79 Å². The van der Waals surface area contributed by atoms with E-state index >= 15 is 0 Å². The molecule has 1 aromatic carbocycles. The van der Waals surface area contributed by atoms with Crippen LogP contribution in [-0.2, 0) is 13.0 Å². The summed E-state index contributed by atoms with van der Waals surface area (Å²) in [6, 6.07) is 6.01. The summed E-state index contributed by atoms with van der Waals surface area (Å²) in [4.78, 5) is 14.6. The molecule has 1 amide bonds. The van der Waals surface area contributed by atoms with E-state index in [1.54, 1.807) is 6.07 Å². The van der Waals surface area contributed by atoms with Gasteiger partial charge in [-0.1, -0.05) is 6.07 Å². The lowest BCUT2D eigenvalue weighted by atomic mass is 9.94. The molecule has 1 aliphatic rings. The standard InChI is InChI=1S/C17H20N2O2.ClH/c1-11-6-12(2)15-4-3-5-19(16(15)7-11)17(20)13-8-14(9-18)21-10-13;/h6-8,10H,3-5,9,18H2,1-2H3;1H. The Morgan fingerprint density at radius 1 is 1.32 bits per heavy atom. The van der Waals surface area contributed by atoms with E-state index in [4.69, 9.17) is 10.2 Å². The van der Waals surface area contributed by atoms with Crippen molar-refractivity contribution >= 4 is 24.0 Å². The fourth-order valence-electron chi connectivity index (χ4n) is 3.04. The summed E-state index contributed by atoms with van der Waals surface area (Å²) in [5.74, 6) is 0.625. The number of anilines is 1. The lowest BCUT2D eigenvalue weighted by Gasteiger charge is -2.30. The molecule has 0 saturated heterocycles. The van der Waals surface area contributed by atoms with E-state index in [0.29, 0.717) is 17.9 Å². The second-order valence-electron chi connectivity index (χ2n) is 5.65. The number of nitrogens with two attached hydrogens (primary N) is 1. The summed E-state index contributed by atoms with van der Waals surface area (Å²) in [6.45, 7) is 5.24. The fraction of sp³-hybridized carbons (Fsp3) is 0.353. The summed E-state index contributed by atoms with van der Waals surface area (Å²) in [5.41, 5.74) is 10.9. The van der Waals surface area contributed by atoms with Crippen LogP contribution in [0.3, 0.4) is 0 Å². The predicted octanol–water partition coefficient (Wildman–Crippen LogP) is 3.37. The molecule has 0 radical (unpaired) electrons. The molecule has 0 bridgehead atoms. The Hall–Kier alpha value is -1.78. The molecular formula is C17H21ClN2O2. The first-order valence-corrected chi connectivity index (χ1v) is 7.29. The number of halogens is 1. The highest BCUT2D eigenvalue weighted by molar-refractivity contribution is 6.06. The molecule has 0 fully saturated rings. The van der Waals surface area contributed by atoms with E-state index in [2.05, 4.69) is 26.0 Å². The van der Waals surface area contributed by atoms with Gasteiger partial charge in [0, 0.05) is 12.2 Å². The molecule has 4 nitrogen and oxygen atoms in total. The minimum absolute atomic E-state index is 0. The number of fused-ring (bicyclic) bond motifs is 1. The van der Waals surface area contributed by atoms with E-state index in [-0.39, 0.29) is 18.3 Å². The molecular weight excluding hydrogens is 300 g/mol. The van der Waals surface area contributed by atoms with Crippen LogP contribution < -0.4 is 10.6 Å². The van der Waals surface area contributed by atoms with Crippen molar-refractivity contribution in [1.29, 1.82) is 0 Å². The average molecular weight is 321 g/mol. The third-order valence-corrected chi connectivity index (χ3v) is 4.04. The van der Waals surface area contributed by atoms with Crippen molar-refractivity contribution in [3.63, 3.8) is 0 Å². The Morgan fingerprint density at radius 2 is 2.09 bits per heavy atom. The van der Waals surface area contributed by atoms with Crippen molar-refractivity contribution in [1.82, 2.24) is 0 Å². The van der Waals surface area contributed by atoms with E-state index in [0.717, 1.165) is 25.1 Å². The van der Waals surface area contributed by atoms with Gasteiger partial charge in [-0.15, -0.1) is 12.4 Å². The second-order valence-corrected chi connectivity index (χ2v) is 5.65. The molecule has 0 spiro atoms. The third-order valence-electron chi connectivity index (χ3n) is 4.04. The van der Waals surface area contributed by atoms with E-state index in [1.807, 2.05) is 4.90 Å². The average Bonchev–Trinajstić information content (AvgIpc) is 2.95. The van der Waals surface area contributed by atoms with Gasteiger partial charge in [0.25, 0.3) is 5.91 Å². The van der Waals surface area contributed by atoms with Gasteiger partial charge in [-0.25, -0.2) is 0 Å². The van der Waals surface area contributed by atoms with Gasteiger partial charge in [-0.2, -0.15) is 0 Å². The van der Waals surface area contributed by atoms with Gasteiger partial charge in [-0.3, -0.25) is 4.79 Å². The monoisotopic (exact) mass is 320 g/mol. The molecule has 22 heavy (non-hydrogen) atoms. The number of carbonyl (C=O) groups excluding carboxylic acids is 1. The maximum Gasteiger partial charge on any atom is 0.261 e. The largest absolute Gasteiger partial charge is 0.467 e. The number of benzene rings is 1. The Morgan fingerprint density at radius 3 is 2.77 bits per heavy atom. The number of hydrogen-bond donors (Lipinski definition) is 1. The number of aryl methyl sites for hydroxylation is 2. The third kappa shape index (κ3) is 2.89. The van der Waals surface area contributed by atoms with Crippen LogP contribution in [0.5, 0.6) is 0 Å². The Bertz CT molecular complexity index is 694. The number of hydrogen-bond acceptors (Lipinski definition) is 3. The Labute approximate surface area is 136 Å². The number of nitrogens with zero attached hydrogens (tertiary/aromatic N) is 1. The first kappa shape index (κ1) is 16.6. The quantitative estimate of drug-likeness (QED) is 0.923. The lowest BCUT2D eigenvalue weighted by molar-refractivity contribution is 0.0984. The van der Waals surface area contributed by atoms with Gasteiger partial charge in [0.05, 0.1) is 12.1 Å². The highest BCUT2D eigenvalue weighted by atomic mass is 35.5. The topological polar surface area (TPSA) is 59.5 Å².